The van der Waals surface area contributed by atoms with Gasteiger partial charge in [0, 0.05) is 33.2 Å². The first-order chi connectivity index (χ1) is 17.4. The average molecular weight is 526 g/mol. The molecule has 0 atom stereocenters. The Kier molecular flexibility index (Phi) is 33.8. The van der Waals surface area contributed by atoms with Crippen LogP contribution in [-0.4, -0.2) is 57.2 Å². The molecular formula is C28H57BClN5O. The number of nitriles is 1. The van der Waals surface area contributed by atoms with Gasteiger partial charge in [0.1, 0.15) is 11.0 Å². The van der Waals surface area contributed by atoms with Crippen LogP contribution in [-0.2, 0) is 4.79 Å². The van der Waals surface area contributed by atoms with E-state index in [-0.39, 0.29) is 0 Å². The van der Waals surface area contributed by atoms with Gasteiger partial charge in [0.05, 0.1) is 0 Å². The summed E-state index contributed by atoms with van der Waals surface area (Å²) in [5.41, 5.74) is 5.53. The van der Waals surface area contributed by atoms with Gasteiger partial charge < -0.3 is 15.5 Å². The number of anilines is 1. The number of amides is 1. The van der Waals surface area contributed by atoms with Crippen LogP contribution in [0, 0.1) is 30.0 Å². The normalized spacial score (nSPS) is 13.6. The second kappa shape index (κ2) is 29.5. The maximum atomic E-state index is 9.43. The van der Waals surface area contributed by atoms with Crippen LogP contribution in [0.25, 0.3) is 0 Å². The van der Waals surface area contributed by atoms with Crippen LogP contribution in [0.4, 0.5) is 5.82 Å². The summed E-state index contributed by atoms with van der Waals surface area (Å²) >= 11 is 6.12. The smallest absolute Gasteiger partial charge is 0.268 e. The van der Waals surface area contributed by atoms with Crippen molar-refractivity contribution in [1.29, 1.82) is 5.26 Å². The molecule has 0 aromatic carbocycles. The van der Waals surface area contributed by atoms with Crippen molar-refractivity contribution in [3.63, 3.8) is 0 Å². The maximum absolute atomic E-state index is 9.43. The lowest BCUT2D eigenvalue weighted by molar-refractivity contribution is -0.115. The number of carbonyl (C=O) groups excluding carboxylic acids is 1. The van der Waals surface area contributed by atoms with E-state index in [4.69, 9.17) is 16.9 Å². The molecule has 3 heterocycles. The van der Waals surface area contributed by atoms with E-state index in [1.165, 1.54) is 31.2 Å². The summed E-state index contributed by atoms with van der Waals surface area (Å²) < 4.78 is 0. The number of halogens is 1. The fourth-order valence-electron chi connectivity index (χ4n) is 3.57. The first-order valence-electron chi connectivity index (χ1n) is 13.9. The fourth-order valence-corrected chi connectivity index (χ4v) is 3.72. The molecule has 2 aliphatic heterocycles. The molecule has 1 aromatic rings. The molecule has 2 saturated heterocycles. The Bertz CT molecular complexity index is 641. The number of pyridine rings is 1. The van der Waals surface area contributed by atoms with Crippen molar-refractivity contribution in [2.45, 2.75) is 94.2 Å². The Labute approximate surface area is 230 Å². The highest BCUT2D eigenvalue weighted by Crippen LogP contribution is 2.37. The minimum atomic E-state index is 0.342. The van der Waals surface area contributed by atoms with Crippen LogP contribution < -0.4 is 10.6 Å². The van der Waals surface area contributed by atoms with Crippen molar-refractivity contribution in [3.8, 4) is 5.97 Å². The summed E-state index contributed by atoms with van der Waals surface area (Å²) in [6, 6.07) is 4.12. The number of hydrogen-bond donors (Lipinski definition) is 1. The van der Waals surface area contributed by atoms with Crippen LogP contribution >= 0.6 is 11.6 Å². The van der Waals surface area contributed by atoms with Gasteiger partial charge in [0.2, 0.25) is 6.41 Å². The number of piperidine rings is 1. The molecule has 210 valence electrons. The molecule has 2 fully saturated rings. The first kappa shape index (κ1) is 41.4. The summed E-state index contributed by atoms with van der Waals surface area (Å²) in [6.45, 7) is 20.5. The molecule has 3 rings (SSSR count). The van der Waals surface area contributed by atoms with Crippen LogP contribution in [0.2, 0.25) is 17.8 Å². The Morgan fingerprint density at radius 3 is 1.86 bits per heavy atom. The van der Waals surface area contributed by atoms with Crippen molar-refractivity contribution in [3.05, 3.63) is 22.8 Å². The molecule has 1 aromatic heterocycles. The molecule has 0 spiro atoms. The highest BCUT2D eigenvalue weighted by atomic mass is 35.5. The molecule has 6 nitrogen and oxygen atoms in total. The zero-order chi connectivity index (χ0) is 29.1. The first-order valence-corrected chi connectivity index (χ1v) is 14.3. The molecule has 2 N–H and O–H groups in total. The highest BCUT2D eigenvalue weighted by Gasteiger charge is 2.35. The largest absolute Gasteiger partial charge is 0.357 e. The van der Waals surface area contributed by atoms with E-state index in [0.29, 0.717) is 11.9 Å². The zero-order valence-electron chi connectivity index (χ0n) is 25.6. The standard InChI is InChI=1S/C16H21BClN3.C3H7NO.4C2H6.CH5N/c1-12-2-3-15(20-16(12)18)21-6-4-13(5-7-21)8-14-9-17(10-14)11-19;1-4(2)3-5;5*1-2/h2-3,13-14H,4-10H2,1H3;3H,1-2H3;4*1-2H3;2H2,1H3. The molecule has 8 heteroatoms. The summed E-state index contributed by atoms with van der Waals surface area (Å²) in [4.78, 5) is 17.7. The lowest BCUT2D eigenvalue weighted by Gasteiger charge is -2.37. The number of hydrogen-bond acceptors (Lipinski definition) is 5. The van der Waals surface area contributed by atoms with E-state index in [9.17, 15) is 4.79 Å². The summed E-state index contributed by atoms with van der Waals surface area (Å²) in [7, 11) is 4.88. The number of aromatic nitrogens is 1. The van der Waals surface area contributed by atoms with Gasteiger partial charge >= 0.3 is 0 Å². The van der Waals surface area contributed by atoms with Gasteiger partial charge in [-0.1, -0.05) is 91.6 Å². The van der Waals surface area contributed by atoms with Gasteiger partial charge in [-0.25, -0.2) is 10.2 Å². The minimum absolute atomic E-state index is 0.342. The number of aryl methyl sites for hydroxylation is 1. The van der Waals surface area contributed by atoms with E-state index in [1.807, 2.05) is 68.4 Å². The van der Waals surface area contributed by atoms with E-state index in [0.717, 1.165) is 55.4 Å². The number of rotatable bonds is 4. The Hall–Kier alpha value is -1.78. The van der Waals surface area contributed by atoms with Gasteiger partial charge in [0.15, 0.2) is 0 Å². The minimum Gasteiger partial charge on any atom is -0.357 e. The number of nitrogens with two attached hydrogens (primary N) is 1. The van der Waals surface area contributed by atoms with Gasteiger partial charge in [0.25, 0.3) is 6.71 Å². The second-order valence-corrected chi connectivity index (χ2v) is 8.03. The summed E-state index contributed by atoms with van der Waals surface area (Å²) in [5.74, 6) is 5.02. The molecule has 0 bridgehead atoms. The van der Waals surface area contributed by atoms with Gasteiger partial charge in [-0.05, 0) is 50.8 Å². The SMILES string of the molecule is CC.CC.CC.CC.CN.CN(C)C=O.Cc1ccc(N2CCC(CC3CB(C#N)C3)CC2)nc1Cl. The molecule has 0 radical (unpaired) electrons. The van der Waals surface area contributed by atoms with Gasteiger partial charge in [-0.15, -0.1) is 0 Å². The van der Waals surface area contributed by atoms with Crippen LogP contribution in [0.5, 0.6) is 0 Å². The number of carbonyl (C=O) groups is 1. The third-order valence-electron chi connectivity index (χ3n) is 5.25. The zero-order valence-corrected chi connectivity index (χ0v) is 26.3. The van der Waals surface area contributed by atoms with E-state index >= 15 is 0 Å². The van der Waals surface area contributed by atoms with Gasteiger partial charge in [-0.2, -0.15) is 0 Å². The predicted molar refractivity (Wildman–Crippen MR) is 163 cm³/mol. The Morgan fingerprint density at radius 1 is 1.06 bits per heavy atom. The molecule has 0 unspecified atom stereocenters. The summed E-state index contributed by atoms with van der Waals surface area (Å²) in [6.07, 6.45) is 6.80. The average Bonchev–Trinajstić information content (AvgIpc) is 2.94. The lowest BCUT2D eigenvalue weighted by atomic mass is 9.32. The van der Waals surface area contributed by atoms with Crippen molar-refractivity contribution in [1.82, 2.24) is 9.88 Å². The Morgan fingerprint density at radius 2 is 1.50 bits per heavy atom. The van der Waals surface area contributed by atoms with E-state index in [1.54, 1.807) is 14.1 Å². The van der Waals surface area contributed by atoms with Crippen molar-refractivity contribution in [2.75, 3.05) is 39.1 Å². The molecule has 36 heavy (non-hydrogen) atoms. The van der Waals surface area contributed by atoms with Gasteiger partial charge in [-0.3, -0.25) is 4.79 Å². The quantitative estimate of drug-likeness (QED) is 0.255. The van der Waals surface area contributed by atoms with E-state index < -0.39 is 0 Å². The lowest BCUT2D eigenvalue weighted by Crippen LogP contribution is -2.37. The summed E-state index contributed by atoms with van der Waals surface area (Å²) in [5, 5.41) is 9.46. The molecule has 1 amide bonds. The van der Waals surface area contributed by atoms with E-state index in [2.05, 4.69) is 27.7 Å². The molecule has 2 aliphatic rings. The number of nitrogens with zero attached hydrogens (tertiary/aromatic N) is 4. The van der Waals surface area contributed by atoms with Crippen LogP contribution in [0.1, 0.15) is 80.2 Å². The van der Waals surface area contributed by atoms with Crippen molar-refractivity contribution in [2.24, 2.45) is 17.6 Å². The topological polar surface area (TPSA) is 86.2 Å². The monoisotopic (exact) mass is 525 g/mol. The molecule has 0 aliphatic carbocycles. The second-order valence-electron chi connectivity index (χ2n) is 7.68. The highest BCUT2D eigenvalue weighted by molar-refractivity contribution is 6.69. The third-order valence-corrected chi connectivity index (χ3v) is 5.64. The molecular weight excluding hydrogens is 469 g/mol. The van der Waals surface area contributed by atoms with Crippen LogP contribution in [0.15, 0.2) is 12.1 Å². The fraction of sp³-hybridized carbons (Fsp3) is 0.750. The van der Waals surface area contributed by atoms with Crippen molar-refractivity contribution < 1.29 is 4.79 Å². The predicted octanol–water partition coefficient (Wildman–Crippen LogP) is 7.22. The van der Waals surface area contributed by atoms with Crippen LogP contribution in [0.3, 0.4) is 0 Å². The maximum Gasteiger partial charge on any atom is 0.268 e. The Balaban J connectivity index is -0.000000290. The van der Waals surface area contributed by atoms with Crippen molar-refractivity contribution >= 4 is 30.5 Å². The molecule has 0 saturated carbocycles. The third kappa shape index (κ3) is 18.5.